The summed E-state index contributed by atoms with van der Waals surface area (Å²) in [5, 5.41) is 11.8. The van der Waals surface area contributed by atoms with Crippen molar-refractivity contribution >= 4 is 11.8 Å². The van der Waals surface area contributed by atoms with Crippen molar-refractivity contribution in [2.24, 2.45) is 5.92 Å². The summed E-state index contributed by atoms with van der Waals surface area (Å²) >= 11 is 0. The van der Waals surface area contributed by atoms with Crippen molar-refractivity contribution in [1.29, 1.82) is 0 Å². The number of carbonyl (C=O) groups excluding carboxylic acids is 2. The third-order valence-electron chi connectivity index (χ3n) is 8.39. The molecule has 1 saturated heterocycles. The summed E-state index contributed by atoms with van der Waals surface area (Å²) in [7, 11) is 2.83. The van der Waals surface area contributed by atoms with Gasteiger partial charge in [0.15, 0.2) is 17.3 Å². The third kappa shape index (κ3) is 3.91. The summed E-state index contributed by atoms with van der Waals surface area (Å²) in [5.74, 6) is -0.164. The molecule has 0 amide bonds. The van der Waals surface area contributed by atoms with E-state index in [0.29, 0.717) is 23.7 Å². The lowest BCUT2D eigenvalue weighted by molar-refractivity contribution is -0.156. The van der Waals surface area contributed by atoms with Crippen molar-refractivity contribution in [2.75, 3.05) is 34.1 Å². The van der Waals surface area contributed by atoms with Gasteiger partial charge in [0.2, 0.25) is 6.79 Å². The molecule has 1 aromatic rings. The highest BCUT2D eigenvalue weighted by Crippen LogP contribution is 2.58. The van der Waals surface area contributed by atoms with Crippen LogP contribution in [0.2, 0.25) is 0 Å². The van der Waals surface area contributed by atoms with Crippen LogP contribution in [0.15, 0.2) is 36.1 Å². The summed E-state index contributed by atoms with van der Waals surface area (Å²) in [4.78, 5) is 29.2. The van der Waals surface area contributed by atoms with Gasteiger partial charge in [-0.25, -0.2) is 0 Å². The van der Waals surface area contributed by atoms with Crippen molar-refractivity contribution in [3.63, 3.8) is 0 Å². The number of nitrogens with zero attached hydrogens (tertiary/aromatic N) is 1. The molecule has 1 spiro atoms. The number of methoxy groups -OCH3 is 2. The van der Waals surface area contributed by atoms with Gasteiger partial charge >= 0.3 is 5.97 Å². The first-order valence-corrected chi connectivity index (χ1v) is 12.6. The number of hydrogen-bond donors (Lipinski definition) is 1. The quantitative estimate of drug-likeness (QED) is 0.432. The normalized spacial score (nSPS) is 27.7. The number of aliphatic hydroxyl groups is 1. The number of rotatable bonds is 8. The number of hydrogen-bond acceptors (Lipinski definition) is 8. The van der Waals surface area contributed by atoms with E-state index in [-0.39, 0.29) is 19.1 Å². The highest BCUT2D eigenvalue weighted by atomic mass is 16.7. The molecule has 8 nitrogen and oxygen atoms in total. The Hall–Kier alpha value is -2.84. The zero-order chi connectivity index (χ0) is 25.7. The molecule has 4 atom stereocenters. The van der Waals surface area contributed by atoms with Gasteiger partial charge in [-0.05, 0) is 74.9 Å². The fourth-order valence-corrected chi connectivity index (χ4v) is 6.63. The topological polar surface area (TPSA) is 94.5 Å². The van der Waals surface area contributed by atoms with Gasteiger partial charge < -0.3 is 24.1 Å². The van der Waals surface area contributed by atoms with E-state index in [4.69, 9.17) is 18.9 Å². The van der Waals surface area contributed by atoms with Crippen LogP contribution in [0.4, 0.5) is 0 Å². The van der Waals surface area contributed by atoms with Crippen LogP contribution in [-0.2, 0) is 25.5 Å². The van der Waals surface area contributed by atoms with Crippen LogP contribution >= 0.6 is 0 Å². The molecule has 1 N–H and O–H groups in total. The standard InChI is InChI=1S/C28H35NO7/c1-17(2)6-9-28(32,15-23(30)34-4)26(31)24-22(33-3)14-27-8-5-10-29(27)11-7-18-12-20-21(36-16-35-20)13-19(18)25(24)27/h12-14,24-25,32H,1,5-11,15-16H2,2-4H3/t24-,25-,27+,28-/m1/s1. The fourth-order valence-electron chi connectivity index (χ4n) is 6.63. The smallest absolute Gasteiger partial charge is 0.308 e. The average Bonchev–Trinajstić information content (AvgIpc) is 3.55. The van der Waals surface area contributed by atoms with Crippen molar-refractivity contribution in [3.05, 3.63) is 47.2 Å². The molecule has 194 valence electrons. The molecular formula is C28H35NO7. The molecule has 1 fully saturated rings. The van der Waals surface area contributed by atoms with E-state index in [9.17, 15) is 14.7 Å². The lowest BCUT2D eigenvalue weighted by atomic mass is 9.69. The van der Waals surface area contributed by atoms with Gasteiger partial charge in [0, 0.05) is 12.5 Å². The lowest BCUT2D eigenvalue weighted by Crippen LogP contribution is -2.51. The van der Waals surface area contributed by atoms with E-state index in [1.54, 1.807) is 7.11 Å². The number of ketones is 1. The van der Waals surface area contributed by atoms with E-state index in [1.165, 1.54) is 7.11 Å². The van der Waals surface area contributed by atoms with Crippen LogP contribution in [0.5, 0.6) is 11.5 Å². The Balaban J connectivity index is 1.64. The van der Waals surface area contributed by atoms with E-state index in [0.717, 1.165) is 49.1 Å². The van der Waals surface area contributed by atoms with Gasteiger partial charge in [0.25, 0.3) is 0 Å². The second-order valence-electron chi connectivity index (χ2n) is 10.5. The second kappa shape index (κ2) is 9.23. The minimum atomic E-state index is -1.91. The summed E-state index contributed by atoms with van der Waals surface area (Å²) in [6, 6.07) is 4.04. The van der Waals surface area contributed by atoms with Crippen LogP contribution in [0.25, 0.3) is 0 Å². The summed E-state index contributed by atoms with van der Waals surface area (Å²) < 4.78 is 22.1. The highest BCUT2D eigenvalue weighted by molar-refractivity contribution is 5.96. The molecule has 36 heavy (non-hydrogen) atoms. The van der Waals surface area contributed by atoms with Crippen LogP contribution in [-0.4, -0.2) is 67.0 Å². The van der Waals surface area contributed by atoms with Crippen LogP contribution < -0.4 is 9.47 Å². The van der Waals surface area contributed by atoms with Gasteiger partial charge in [-0.1, -0.05) is 5.57 Å². The van der Waals surface area contributed by atoms with Gasteiger partial charge in [-0.3, -0.25) is 14.5 Å². The van der Waals surface area contributed by atoms with E-state index in [1.807, 2.05) is 19.1 Å². The number of allylic oxidation sites excluding steroid dienone is 2. The molecule has 0 radical (unpaired) electrons. The Morgan fingerprint density at radius 2 is 2.00 bits per heavy atom. The molecule has 3 heterocycles. The molecule has 1 aliphatic carbocycles. The Bertz CT molecular complexity index is 1130. The minimum absolute atomic E-state index is 0.0845. The number of Topliss-reactive ketones (excluding diaryl/α,β-unsaturated/α-hetero) is 1. The molecule has 1 aromatic carbocycles. The van der Waals surface area contributed by atoms with Crippen molar-refractivity contribution in [2.45, 2.75) is 62.5 Å². The van der Waals surface area contributed by atoms with Gasteiger partial charge in [-0.2, -0.15) is 0 Å². The molecular weight excluding hydrogens is 462 g/mol. The Kier molecular flexibility index (Phi) is 6.37. The summed E-state index contributed by atoms with van der Waals surface area (Å²) in [6.45, 7) is 7.71. The first-order chi connectivity index (χ1) is 17.2. The average molecular weight is 498 g/mol. The monoisotopic (exact) mass is 497 g/mol. The zero-order valence-electron chi connectivity index (χ0n) is 21.3. The Morgan fingerprint density at radius 1 is 1.25 bits per heavy atom. The third-order valence-corrected chi connectivity index (χ3v) is 8.39. The van der Waals surface area contributed by atoms with Gasteiger partial charge in [0.1, 0.15) is 11.4 Å². The molecule has 5 rings (SSSR count). The number of benzene rings is 1. The molecule has 0 bridgehead atoms. The fraction of sp³-hybridized carbons (Fsp3) is 0.571. The second-order valence-corrected chi connectivity index (χ2v) is 10.5. The summed E-state index contributed by atoms with van der Waals surface area (Å²) in [6.07, 6.45) is 4.89. The Labute approximate surface area is 211 Å². The molecule has 3 aliphatic heterocycles. The lowest BCUT2D eigenvalue weighted by Gasteiger charge is -2.40. The van der Waals surface area contributed by atoms with E-state index < -0.39 is 35.2 Å². The molecule has 0 aromatic heterocycles. The van der Waals surface area contributed by atoms with Crippen LogP contribution in [0.1, 0.15) is 56.1 Å². The van der Waals surface area contributed by atoms with Gasteiger partial charge in [0.05, 0.1) is 32.1 Å². The zero-order valence-corrected chi connectivity index (χ0v) is 21.3. The van der Waals surface area contributed by atoms with Crippen molar-refractivity contribution < 1.29 is 33.6 Å². The predicted octanol–water partition coefficient (Wildman–Crippen LogP) is 3.27. The highest BCUT2D eigenvalue weighted by Gasteiger charge is 2.60. The van der Waals surface area contributed by atoms with Gasteiger partial charge in [-0.15, -0.1) is 6.58 Å². The summed E-state index contributed by atoms with van der Waals surface area (Å²) in [5.41, 5.74) is 0.633. The maximum atomic E-state index is 14.4. The van der Waals surface area contributed by atoms with E-state index in [2.05, 4.69) is 17.6 Å². The molecule has 4 aliphatic rings. The maximum Gasteiger partial charge on any atom is 0.308 e. The number of carbonyl (C=O) groups is 2. The SMILES string of the molecule is C=C(C)CC[C@@](O)(CC(=O)OC)C(=O)[C@@H]1C(OC)=C[C@]23CCCN2CCc2cc4c(cc2[C@H]13)OCO4. The Morgan fingerprint density at radius 3 is 2.69 bits per heavy atom. The molecule has 0 unspecified atom stereocenters. The minimum Gasteiger partial charge on any atom is -0.501 e. The number of esters is 1. The van der Waals surface area contributed by atoms with Crippen LogP contribution in [0.3, 0.4) is 0 Å². The van der Waals surface area contributed by atoms with E-state index >= 15 is 0 Å². The maximum absolute atomic E-state index is 14.4. The first kappa shape index (κ1) is 24.8. The number of ether oxygens (including phenoxy) is 4. The first-order valence-electron chi connectivity index (χ1n) is 12.6. The molecule has 8 heteroatoms. The molecule has 0 saturated carbocycles. The van der Waals surface area contributed by atoms with Crippen molar-refractivity contribution in [1.82, 2.24) is 4.90 Å². The number of fused-ring (bicyclic) bond motifs is 3. The van der Waals surface area contributed by atoms with Crippen molar-refractivity contribution in [3.8, 4) is 11.5 Å². The largest absolute Gasteiger partial charge is 0.501 e. The predicted molar refractivity (Wildman–Crippen MR) is 132 cm³/mol. The van der Waals surface area contributed by atoms with Crippen LogP contribution in [0, 0.1) is 5.92 Å².